The monoisotopic (exact) mass is 356 g/mol. The van der Waals surface area contributed by atoms with Gasteiger partial charge < -0.3 is 5.32 Å². The van der Waals surface area contributed by atoms with Crippen molar-refractivity contribution in [1.29, 1.82) is 0 Å². The van der Waals surface area contributed by atoms with Gasteiger partial charge in [0.1, 0.15) is 0 Å². The van der Waals surface area contributed by atoms with Gasteiger partial charge in [-0.3, -0.25) is 9.78 Å². The lowest BCUT2D eigenvalue weighted by Gasteiger charge is -2.12. The Morgan fingerprint density at radius 1 is 1.16 bits per heavy atom. The van der Waals surface area contributed by atoms with Crippen LogP contribution in [0, 0.1) is 0 Å². The number of carbonyl (C=O) groups is 1. The molecule has 130 valence electrons. The van der Waals surface area contributed by atoms with Gasteiger partial charge in [0.2, 0.25) is 16.2 Å². The summed E-state index contributed by atoms with van der Waals surface area (Å²) in [4.78, 5) is 14.9. The SMILES string of the molecule is C.C=C/C=C(\C=C)S(=O)(=O)c1ccc(-c2cccnc2)cc1NC=O. The molecule has 0 aliphatic carbocycles. The van der Waals surface area contributed by atoms with Crippen molar-refractivity contribution in [3.63, 3.8) is 0 Å². The van der Waals surface area contributed by atoms with E-state index < -0.39 is 9.84 Å². The molecule has 6 heteroatoms. The van der Waals surface area contributed by atoms with E-state index >= 15 is 0 Å². The summed E-state index contributed by atoms with van der Waals surface area (Å²) in [5, 5.41) is 2.45. The van der Waals surface area contributed by atoms with Crippen molar-refractivity contribution in [1.82, 2.24) is 4.98 Å². The fraction of sp³-hybridized carbons (Fsp3) is 0.0526. The molecule has 0 aliphatic heterocycles. The number of sulfone groups is 1. The second kappa shape index (κ2) is 8.75. The zero-order valence-corrected chi connectivity index (χ0v) is 13.7. The van der Waals surface area contributed by atoms with Crippen LogP contribution in [-0.4, -0.2) is 19.8 Å². The zero-order valence-electron chi connectivity index (χ0n) is 12.8. The van der Waals surface area contributed by atoms with Gasteiger partial charge in [0.25, 0.3) is 0 Å². The fourth-order valence-corrected chi connectivity index (χ4v) is 3.57. The van der Waals surface area contributed by atoms with E-state index in [2.05, 4.69) is 23.5 Å². The number of nitrogens with zero attached hydrogens (tertiary/aromatic N) is 1. The minimum atomic E-state index is -3.83. The zero-order chi connectivity index (χ0) is 17.6. The molecule has 0 saturated carbocycles. The quantitative estimate of drug-likeness (QED) is 0.601. The van der Waals surface area contributed by atoms with Crippen LogP contribution in [-0.2, 0) is 14.6 Å². The van der Waals surface area contributed by atoms with Crippen LogP contribution in [0.15, 0.2) is 83.9 Å². The number of hydrogen-bond donors (Lipinski definition) is 1. The van der Waals surface area contributed by atoms with E-state index in [1.54, 1.807) is 30.6 Å². The minimum Gasteiger partial charge on any atom is -0.328 e. The summed E-state index contributed by atoms with van der Waals surface area (Å²) < 4.78 is 25.5. The third-order valence-electron chi connectivity index (χ3n) is 3.27. The van der Waals surface area contributed by atoms with Crippen molar-refractivity contribution in [2.24, 2.45) is 0 Å². The highest BCUT2D eigenvalue weighted by atomic mass is 32.2. The molecule has 1 heterocycles. The first-order chi connectivity index (χ1) is 11.5. The third kappa shape index (κ3) is 4.30. The van der Waals surface area contributed by atoms with E-state index in [9.17, 15) is 13.2 Å². The molecule has 0 atom stereocenters. The van der Waals surface area contributed by atoms with Crippen LogP contribution in [0.4, 0.5) is 5.69 Å². The summed E-state index contributed by atoms with van der Waals surface area (Å²) in [6.45, 7) is 7.02. The van der Waals surface area contributed by atoms with Crippen molar-refractivity contribution in [2.45, 2.75) is 12.3 Å². The second-order valence-corrected chi connectivity index (χ2v) is 6.65. The Balaban J connectivity index is 0.00000312. The molecule has 2 aromatic rings. The van der Waals surface area contributed by atoms with Crippen molar-refractivity contribution in [3.05, 3.63) is 79.0 Å². The van der Waals surface area contributed by atoms with Gasteiger partial charge in [-0.05, 0) is 29.8 Å². The molecule has 0 aliphatic rings. The largest absolute Gasteiger partial charge is 0.328 e. The number of carbonyl (C=O) groups excluding carboxylic acids is 1. The molecule has 0 radical (unpaired) electrons. The van der Waals surface area contributed by atoms with Crippen LogP contribution < -0.4 is 5.32 Å². The van der Waals surface area contributed by atoms with Gasteiger partial charge in [-0.1, -0.05) is 44.9 Å². The molecule has 0 bridgehead atoms. The normalized spacial score (nSPS) is 11.1. The highest BCUT2D eigenvalue weighted by Gasteiger charge is 2.22. The van der Waals surface area contributed by atoms with Crippen LogP contribution >= 0.6 is 0 Å². The summed E-state index contributed by atoms with van der Waals surface area (Å²) in [6.07, 6.45) is 7.68. The lowest BCUT2D eigenvalue weighted by Crippen LogP contribution is -2.08. The average Bonchev–Trinajstić information content (AvgIpc) is 2.60. The molecule has 2 rings (SSSR count). The summed E-state index contributed by atoms with van der Waals surface area (Å²) in [6, 6.07) is 8.31. The number of aromatic nitrogens is 1. The Labute approximate surface area is 148 Å². The van der Waals surface area contributed by atoms with Crippen LogP contribution in [0.5, 0.6) is 0 Å². The van der Waals surface area contributed by atoms with Gasteiger partial charge in [-0.25, -0.2) is 8.42 Å². The molecule has 0 spiro atoms. The Morgan fingerprint density at radius 2 is 1.92 bits per heavy atom. The average molecular weight is 356 g/mol. The molecule has 1 amide bonds. The Hall–Kier alpha value is -2.99. The highest BCUT2D eigenvalue weighted by Crippen LogP contribution is 2.31. The fourth-order valence-electron chi connectivity index (χ4n) is 2.16. The van der Waals surface area contributed by atoms with Crippen molar-refractivity contribution < 1.29 is 13.2 Å². The maximum absolute atomic E-state index is 12.7. The molecular formula is C19H20N2O3S. The van der Waals surface area contributed by atoms with E-state index in [1.165, 1.54) is 24.3 Å². The Kier molecular flexibility index (Phi) is 7.02. The van der Waals surface area contributed by atoms with Crippen molar-refractivity contribution in [3.8, 4) is 11.1 Å². The number of nitrogens with one attached hydrogen (secondary N) is 1. The van der Waals surface area contributed by atoms with Crippen LogP contribution in [0.25, 0.3) is 11.1 Å². The molecule has 1 aromatic heterocycles. The minimum absolute atomic E-state index is 0. The summed E-state index contributed by atoms with van der Waals surface area (Å²) in [5.74, 6) is 0. The Morgan fingerprint density at radius 3 is 2.48 bits per heavy atom. The molecule has 1 N–H and O–H groups in total. The van der Waals surface area contributed by atoms with E-state index in [-0.39, 0.29) is 22.9 Å². The summed E-state index contributed by atoms with van der Waals surface area (Å²) in [5.41, 5.74) is 1.73. The molecule has 25 heavy (non-hydrogen) atoms. The van der Waals surface area contributed by atoms with Gasteiger partial charge in [-0.2, -0.15) is 0 Å². The molecule has 1 aromatic carbocycles. The molecule has 0 fully saturated rings. The van der Waals surface area contributed by atoms with Gasteiger partial charge in [0, 0.05) is 18.0 Å². The molecular weight excluding hydrogens is 336 g/mol. The van der Waals surface area contributed by atoms with E-state index in [4.69, 9.17) is 0 Å². The van der Waals surface area contributed by atoms with Gasteiger partial charge in [-0.15, -0.1) is 0 Å². The molecule has 0 saturated heterocycles. The smallest absolute Gasteiger partial charge is 0.211 e. The van der Waals surface area contributed by atoms with E-state index in [1.807, 2.05) is 6.07 Å². The number of anilines is 1. The molecule has 5 nitrogen and oxygen atoms in total. The van der Waals surface area contributed by atoms with Crippen LogP contribution in [0.1, 0.15) is 7.43 Å². The van der Waals surface area contributed by atoms with Gasteiger partial charge in [0.15, 0.2) is 0 Å². The highest BCUT2D eigenvalue weighted by molar-refractivity contribution is 7.95. The van der Waals surface area contributed by atoms with E-state index in [0.717, 1.165) is 11.1 Å². The first-order valence-electron chi connectivity index (χ1n) is 6.99. The maximum Gasteiger partial charge on any atom is 0.211 e. The van der Waals surface area contributed by atoms with Crippen LogP contribution in [0.3, 0.4) is 0 Å². The number of pyridine rings is 1. The second-order valence-electron chi connectivity index (χ2n) is 4.73. The summed E-state index contributed by atoms with van der Waals surface area (Å²) >= 11 is 0. The molecule has 0 unspecified atom stereocenters. The standard InChI is InChI=1S/C18H16N2O3S.CH4/c1-3-6-16(4-2)24(22,23)18-9-8-14(11-17(18)20-13-21)15-7-5-10-19-12-15;/h3-13H,1-2H2,(H,20,21);1H4/b16-6+;. The lowest BCUT2D eigenvalue weighted by molar-refractivity contribution is -0.105. The lowest BCUT2D eigenvalue weighted by atomic mass is 10.1. The van der Waals surface area contributed by atoms with E-state index in [0.29, 0.717) is 6.41 Å². The summed E-state index contributed by atoms with van der Waals surface area (Å²) in [7, 11) is -3.83. The van der Waals surface area contributed by atoms with Gasteiger partial charge in [0.05, 0.1) is 15.5 Å². The predicted octanol–water partition coefficient (Wildman–Crippen LogP) is 3.98. The Bertz CT molecular complexity index is 902. The maximum atomic E-state index is 12.7. The van der Waals surface area contributed by atoms with Gasteiger partial charge >= 0.3 is 0 Å². The number of benzene rings is 1. The van der Waals surface area contributed by atoms with Crippen molar-refractivity contribution in [2.75, 3.05) is 5.32 Å². The first-order valence-corrected chi connectivity index (χ1v) is 8.47. The number of amides is 1. The van der Waals surface area contributed by atoms with Crippen LogP contribution in [0.2, 0.25) is 0 Å². The number of rotatable bonds is 7. The third-order valence-corrected chi connectivity index (χ3v) is 5.13. The number of hydrogen-bond acceptors (Lipinski definition) is 4. The number of allylic oxidation sites excluding steroid dienone is 3. The predicted molar refractivity (Wildman–Crippen MR) is 102 cm³/mol. The first kappa shape index (κ1) is 20.1. The van der Waals surface area contributed by atoms with Crippen molar-refractivity contribution >= 4 is 21.9 Å². The topological polar surface area (TPSA) is 76.1 Å².